The van der Waals surface area contributed by atoms with Crippen LogP contribution in [0, 0.1) is 5.82 Å². The van der Waals surface area contributed by atoms with Gasteiger partial charge in [-0.2, -0.15) is 0 Å². The maximum atomic E-state index is 13.9. The van der Waals surface area contributed by atoms with Crippen LogP contribution in [0.25, 0.3) is 6.08 Å². The Morgan fingerprint density at radius 1 is 1.10 bits per heavy atom. The van der Waals surface area contributed by atoms with Crippen molar-refractivity contribution in [2.45, 2.75) is 6.54 Å². The van der Waals surface area contributed by atoms with Crippen molar-refractivity contribution in [1.82, 2.24) is 4.90 Å². The minimum absolute atomic E-state index is 0.0524. The quantitative estimate of drug-likeness (QED) is 0.427. The summed E-state index contributed by atoms with van der Waals surface area (Å²) in [6.07, 6.45) is 2.65. The Morgan fingerprint density at radius 2 is 1.74 bits per heavy atom. The van der Waals surface area contributed by atoms with E-state index in [1.54, 1.807) is 12.1 Å². The number of rotatable bonds is 9. The molecule has 0 bridgehead atoms. The number of esters is 1. The van der Waals surface area contributed by atoms with Crippen molar-refractivity contribution in [2.75, 3.05) is 35.0 Å². The van der Waals surface area contributed by atoms with Crippen molar-refractivity contribution in [3.63, 3.8) is 0 Å². The van der Waals surface area contributed by atoms with Crippen molar-refractivity contribution < 1.29 is 32.9 Å². The maximum absolute atomic E-state index is 13.9. The molecule has 0 saturated carbocycles. The molecule has 2 aromatic carbocycles. The van der Waals surface area contributed by atoms with Crippen molar-refractivity contribution >= 4 is 29.6 Å². The highest BCUT2D eigenvalue weighted by Gasteiger charge is 2.16. The van der Waals surface area contributed by atoms with Gasteiger partial charge < -0.3 is 23.8 Å². The summed E-state index contributed by atoms with van der Waals surface area (Å²) in [6.45, 7) is -0.551. The normalized spacial score (nSPS) is 10.6. The Morgan fingerprint density at radius 3 is 2.29 bits per heavy atom. The summed E-state index contributed by atoms with van der Waals surface area (Å²) in [5, 5.41) is 0.213. The number of carbonyl (C=O) groups is 2. The molecule has 0 fully saturated rings. The van der Waals surface area contributed by atoms with E-state index in [9.17, 15) is 14.0 Å². The zero-order valence-corrected chi connectivity index (χ0v) is 18.4. The van der Waals surface area contributed by atoms with Crippen molar-refractivity contribution in [3.8, 4) is 17.2 Å². The van der Waals surface area contributed by atoms with Crippen LogP contribution in [-0.4, -0.2) is 51.8 Å². The Hall–Kier alpha value is -3.26. The number of carbonyl (C=O) groups excluding carboxylic acids is 2. The fraction of sp³-hybridized carbons (Fsp3) is 0.273. The van der Waals surface area contributed by atoms with Crippen LogP contribution in [0.1, 0.15) is 11.1 Å². The lowest BCUT2D eigenvalue weighted by atomic mass is 10.1. The SMILES string of the molecule is COc1cc(/C=C/C(=O)OCC(=O)N(C)Cc2c(F)cccc2Cl)cc(OC)c1OC. The largest absolute Gasteiger partial charge is 0.493 e. The van der Waals surface area contributed by atoms with E-state index in [2.05, 4.69) is 0 Å². The molecule has 166 valence electrons. The number of hydrogen-bond donors (Lipinski definition) is 0. The predicted molar refractivity (Wildman–Crippen MR) is 114 cm³/mol. The van der Waals surface area contributed by atoms with Crippen LogP contribution in [0.4, 0.5) is 4.39 Å². The topological polar surface area (TPSA) is 74.3 Å². The van der Waals surface area contributed by atoms with Crippen molar-refractivity contribution in [2.24, 2.45) is 0 Å². The second kappa shape index (κ2) is 11.2. The molecule has 0 aromatic heterocycles. The molecule has 0 aliphatic carbocycles. The zero-order chi connectivity index (χ0) is 23.0. The van der Waals surface area contributed by atoms with Crippen molar-refractivity contribution in [1.29, 1.82) is 0 Å². The number of methoxy groups -OCH3 is 3. The standard InChI is InChI=1S/C22H23ClFNO6/c1-25(12-15-16(23)6-5-7-17(15)24)20(26)13-31-21(27)9-8-14-10-18(28-2)22(30-4)19(11-14)29-3/h5-11H,12-13H2,1-4H3/b9-8+. The molecule has 9 heteroatoms. The average molecular weight is 452 g/mol. The summed E-state index contributed by atoms with van der Waals surface area (Å²) in [7, 11) is 5.91. The van der Waals surface area contributed by atoms with Gasteiger partial charge in [-0.3, -0.25) is 4.79 Å². The number of nitrogens with zero attached hydrogens (tertiary/aromatic N) is 1. The van der Waals surface area contributed by atoms with Gasteiger partial charge in [0.1, 0.15) is 5.82 Å². The number of likely N-dealkylation sites (N-methyl/N-ethyl adjacent to an activating group) is 1. The smallest absolute Gasteiger partial charge is 0.331 e. The first-order chi connectivity index (χ1) is 14.8. The molecule has 0 unspecified atom stereocenters. The zero-order valence-electron chi connectivity index (χ0n) is 17.6. The third kappa shape index (κ3) is 6.36. The van der Waals surface area contributed by atoms with Crippen LogP contribution in [0.5, 0.6) is 17.2 Å². The molecule has 0 N–H and O–H groups in total. The van der Waals surface area contributed by atoms with E-state index in [1.807, 2.05) is 0 Å². The summed E-state index contributed by atoms with van der Waals surface area (Å²) in [6, 6.07) is 7.58. The van der Waals surface area contributed by atoms with Crippen molar-refractivity contribution in [3.05, 3.63) is 58.4 Å². The first kappa shape index (κ1) is 24.0. The van der Waals surface area contributed by atoms with Gasteiger partial charge in [0.05, 0.1) is 21.3 Å². The molecule has 0 heterocycles. The van der Waals surface area contributed by atoms with E-state index < -0.39 is 24.3 Å². The molecule has 7 nitrogen and oxygen atoms in total. The van der Waals surface area contributed by atoms with Gasteiger partial charge in [0.15, 0.2) is 18.1 Å². The molecule has 0 spiro atoms. The predicted octanol–water partition coefficient (Wildman–Crippen LogP) is 3.72. The Balaban J connectivity index is 1.97. The summed E-state index contributed by atoms with van der Waals surface area (Å²) < 4.78 is 34.6. The Kier molecular flexibility index (Phi) is 8.69. The monoisotopic (exact) mass is 451 g/mol. The summed E-state index contributed by atoms with van der Waals surface area (Å²) in [5.41, 5.74) is 0.790. The summed E-state index contributed by atoms with van der Waals surface area (Å²) in [5.74, 6) is -0.462. The number of ether oxygens (including phenoxy) is 4. The molecule has 0 saturated heterocycles. The number of hydrogen-bond acceptors (Lipinski definition) is 6. The Labute approximate surface area is 184 Å². The fourth-order valence-corrected chi connectivity index (χ4v) is 2.88. The number of amides is 1. The minimum atomic E-state index is -0.723. The second-order valence-electron chi connectivity index (χ2n) is 6.35. The van der Waals surface area contributed by atoms with Crippen LogP contribution in [0.2, 0.25) is 5.02 Å². The molecular formula is C22H23ClFNO6. The van der Waals surface area contributed by atoms with Gasteiger partial charge in [-0.15, -0.1) is 0 Å². The molecule has 0 atom stereocenters. The maximum Gasteiger partial charge on any atom is 0.331 e. The van der Waals surface area contributed by atoms with Crippen LogP contribution in [0.15, 0.2) is 36.4 Å². The van der Waals surface area contributed by atoms with E-state index in [0.717, 1.165) is 0 Å². The molecular weight excluding hydrogens is 429 g/mol. The van der Waals surface area contributed by atoms with Crippen LogP contribution < -0.4 is 14.2 Å². The average Bonchev–Trinajstić information content (AvgIpc) is 2.77. The van der Waals surface area contributed by atoms with Gasteiger partial charge in [-0.1, -0.05) is 17.7 Å². The molecule has 31 heavy (non-hydrogen) atoms. The van der Waals surface area contributed by atoms with Gasteiger partial charge in [-0.05, 0) is 35.9 Å². The molecule has 0 aliphatic heterocycles. The molecule has 0 aliphatic rings. The summed E-state index contributed by atoms with van der Waals surface area (Å²) in [4.78, 5) is 25.4. The van der Waals surface area contributed by atoms with E-state index >= 15 is 0 Å². The van der Waals surface area contributed by atoms with E-state index in [0.29, 0.717) is 22.8 Å². The van der Waals surface area contributed by atoms with Crippen LogP contribution in [-0.2, 0) is 20.9 Å². The van der Waals surface area contributed by atoms with Gasteiger partial charge in [-0.25, -0.2) is 9.18 Å². The fourth-order valence-electron chi connectivity index (χ4n) is 2.66. The molecule has 2 rings (SSSR count). The number of halogens is 2. The third-order valence-corrected chi connectivity index (χ3v) is 4.67. The van der Waals surface area contributed by atoms with E-state index in [-0.39, 0.29) is 17.1 Å². The Bertz CT molecular complexity index is 933. The van der Waals surface area contributed by atoms with Gasteiger partial charge in [0.2, 0.25) is 5.75 Å². The lowest BCUT2D eigenvalue weighted by molar-refractivity contribution is -0.147. The lowest BCUT2D eigenvalue weighted by Gasteiger charge is -2.18. The third-order valence-electron chi connectivity index (χ3n) is 4.32. The van der Waals surface area contributed by atoms with E-state index in [1.165, 1.54) is 63.6 Å². The first-order valence-electron chi connectivity index (χ1n) is 9.12. The lowest BCUT2D eigenvalue weighted by Crippen LogP contribution is -2.31. The van der Waals surface area contributed by atoms with Gasteiger partial charge in [0, 0.05) is 30.3 Å². The molecule has 1 amide bonds. The van der Waals surface area contributed by atoms with Gasteiger partial charge >= 0.3 is 5.97 Å². The molecule has 0 radical (unpaired) electrons. The highest BCUT2D eigenvalue weighted by molar-refractivity contribution is 6.31. The highest BCUT2D eigenvalue weighted by atomic mass is 35.5. The van der Waals surface area contributed by atoms with Gasteiger partial charge in [0.25, 0.3) is 5.91 Å². The van der Waals surface area contributed by atoms with Crippen LogP contribution in [0.3, 0.4) is 0 Å². The minimum Gasteiger partial charge on any atom is -0.493 e. The van der Waals surface area contributed by atoms with E-state index in [4.69, 9.17) is 30.5 Å². The van der Waals surface area contributed by atoms with Crippen LogP contribution >= 0.6 is 11.6 Å². The number of benzene rings is 2. The second-order valence-corrected chi connectivity index (χ2v) is 6.76. The first-order valence-corrected chi connectivity index (χ1v) is 9.50. The molecule has 2 aromatic rings. The summed E-state index contributed by atoms with van der Waals surface area (Å²) >= 11 is 5.97. The highest BCUT2D eigenvalue weighted by Crippen LogP contribution is 2.38.